The van der Waals surface area contributed by atoms with Crippen molar-refractivity contribution in [2.45, 2.75) is 23.0 Å². The van der Waals surface area contributed by atoms with Crippen LogP contribution < -0.4 is 0 Å². The van der Waals surface area contributed by atoms with Gasteiger partial charge in [0.05, 0.1) is 5.02 Å². The third kappa shape index (κ3) is 1.87. The van der Waals surface area contributed by atoms with Crippen LogP contribution in [0.2, 0.25) is 5.02 Å². The van der Waals surface area contributed by atoms with E-state index in [1.807, 2.05) is 6.07 Å². The van der Waals surface area contributed by atoms with Crippen LogP contribution in [0.25, 0.3) is 0 Å². The topological polar surface area (TPSA) is 20.2 Å². The number of phenols is 1. The van der Waals surface area contributed by atoms with E-state index in [0.29, 0.717) is 5.02 Å². The van der Waals surface area contributed by atoms with E-state index in [9.17, 15) is 0 Å². The number of rotatable bonds is 2. The van der Waals surface area contributed by atoms with Crippen molar-refractivity contribution in [2.75, 3.05) is 0 Å². The predicted octanol–water partition coefficient (Wildman–Crippen LogP) is 3.30. The van der Waals surface area contributed by atoms with Gasteiger partial charge in [-0.25, -0.2) is 0 Å². The summed E-state index contributed by atoms with van der Waals surface area (Å²) in [6.07, 6.45) is 2.59. The van der Waals surface area contributed by atoms with Crippen molar-refractivity contribution in [3.05, 3.63) is 23.2 Å². The first-order valence-corrected chi connectivity index (χ1v) is 5.16. The molecule has 0 radical (unpaired) electrons. The molecule has 2 rings (SSSR count). The van der Waals surface area contributed by atoms with Gasteiger partial charge in [0.2, 0.25) is 0 Å². The molecule has 0 heterocycles. The van der Waals surface area contributed by atoms with Crippen molar-refractivity contribution in [3.63, 3.8) is 0 Å². The van der Waals surface area contributed by atoms with Crippen LogP contribution in [0.15, 0.2) is 23.1 Å². The Kier molecular flexibility index (Phi) is 2.20. The van der Waals surface area contributed by atoms with Gasteiger partial charge >= 0.3 is 0 Å². The van der Waals surface area contributed by atoms with Crippen LogP contribution >= 0.6 is 23.4 Å². The van der Waals surface area contributed by atoms with Crippen LogP contribution in [0, 0.1) is 0 Å². The van der Waals surface area contributed by atoms with Gasteiger partial charge in [0.25, 0.3) is 0 Å². The summed E-state index contributed by atoms with van der Waals surface area (Å²) in [6, 6.07) is 5.14. The highest BCUT2D eigenvalue weighted by molar-refractivity contribution is 8.00. The highest BCUT2D eigenvalue weighted by atomic mass is 35.5. The van der Waals surface area contributed by atoms with Gasteiger partial charge in [0.15, 0.2) is 0 Å². The van der Waals surface area contributed by atoms with Crippen LogP contribution in [-0.2, 0) is 0 Å². The van der Waals surface area contributed by atoms with E-state index >= 15 is 0 Å². The van der Waals surface area contributed by atoms with E-state index < -0.39 is 0 Å². The Morgan fingerprint density at radius 1 is 1.42 bits per heavy atom. The molecule has 0 aliphatic heterocycles. The van der Waals surface area contributed by atoms with E-state index in [-0.39, 0.29) is 5.75 Å². The second-order valence-electron chi connectivity index (χ2n) is 2.93. The van der Waals surface area contributed by atoms with E-state index in [1.54, 1.807) is 23.9 Å². The summed E-state index contributed by atoms with van der Waals surface area (Å²) >= 11 is 7.72. The molecule has 0 spiro atoms. The second kappa shape index (κ2) is 3.19. The van der Waals surface area contributed by atoms with Gasteiger partial charge in [-0.1, -0.05) is 11.6 Å². The highest BCUT2D eigenvalue weighted by Gasteiger charge is 2.23. The van der Waals surface area contributed by atoms with E-state index in [0.717, 1.165) is 10.1 Å². The Bertz CT molecular complexity index is 297. The number of aromatic hydroxyl groups is 1. The van der Waals surface area contributed by atoms with Crippen molar-refractivity contribution < 1.29 is 5.11 Å². The maximum absolute atomic E-state index is 9.09. The van der Waals surface area contributed by atoms with Crippen LogP contribution in [0.5, 0.6) is 5.75 Å². The zero-order chi connectivity index (χ0) is 8.55. The molecule has 3 heteroatoms. The molecule has 0 bridgehead atoms. The first-order valence-electron chi connectivity index (χ1n) is 3.91. The molecule has 1 aliphatic rings. The molecule has 12 heavy (non-hydrogen) atoms. The summed E-state index contributed by atoms with van der Waals surface area (Å²) in [5, 5.41) is 10.5. The summed E-state index contributed by atoms with van der Waals surface area (Å²) < 4.78 is 0. The van der Waals surface area contributed by atoms with Crippen LogP contribution in [0.1, 0.15) is 12.8 Å². The molecule has 0 aromatic heterocycles. The molecule has 1 fully saturated rings. The third-order valence-corrected chi connectivity index (χ3v) is 3.57. The quantitative estimate of drug-likeness (QED) is 0.791. The lowest BCUT2D eigenvalue weighted by molar-refractivity contribution is 0.475. The number of benzene rings is 1. The zero-order valence-corrected chi connectivity index (χ0v) is 8.03. The summed E-state index contributed by atoms with van der Waals surface area (Å²) in [7, 11) is 0. The Labute approximate surface area is 80.7 Å². The van der Waals surface area contributed by atoms with Gasteiger partial charge in [-0.2, -0.15) is 0 Å². The molecule has 1 aromatic carbocycles. The van der Waals surface area contributed by atoms with Gasteiger partial charge in [-0.05, 0) is 31.0 Å². The third-order valence-electron chi connectivity index (χ3n) is 1.73. The fourth-order valence-corrected chi connectivity index (χ4v) is 2.31. The van der Waals surface area contributed by atoms with Crippen molar-refractivity contribution in [1.82, 2.24) is 0 Å². The van der Waals surface area contributed by atoms with Gasteiger partial charge in [-0.3, -0.25) is 0 Å². The lowest BCUT2D eigenvalue weighted by atomic mass is 10.3. The molecular formula is C9H9ClOS. The molecular weight excluding hydrogens is 192 g/mol. The summed E-state index contributed by atoms with van der Waals surface area (Å²) in [4.78, 5) is 1.08. The van der Waals surface area contributed by atoms with Gasteiger partial charge in [-0.15, -0.1) is 11.8 Å². The van der Waals surface area contributed by atoms with Crippen LogP contribution in [0.4, 0.5) is 0 Å². The van der Waals surface area contributed by atoms with Crippen LogP contribution in [0.3, 0.4) is 0 Å². The number of thioether (sulfide) groups is 1. The Balaban J connectivity index is 2.18. The van der Waals surface area contributed by atoms with Crippen LogP contribution in [-0.4, -0.2) is 10.4 Å². The summed E-state index contributed by atoms with van der Waals surface area (Å²) in [5.74, 6) is 0.236. The minimum Gasteiger partial charge on any atom is -0.508 e. The fourth-order valence-electron chi connectivity index (χ4n) is 0.951. The molecule has 0 atom stereocenters. The number of phenolic OH excluding ortho intramolecular Hbond substituents is 1. The summed E-state index contributed by atoms with van der Waals surface area (Å²) in [6.45, 7) is 0. The summed E-state index contributed by atoms with van der Waals surface area (Å²) in [5.41, 5.74) is 0. The average Bonchev–Trinajstić information content (AvgIpc) is 2.79. The Morgan fingerprint density at radius 2 is 2.17 bits per heavy atom. The van der Waals surface area contributed by atoms with Crippen molar-refractivity contribution >= 4 is 23.4 Å². The maximum atomic E-state index is 9.09. The highest BCUT2D eigenvalue weighted by Crippen LogP contribution is 2.42. The Hall–Kier alpha value is -0.340. The molecule has 1 aromatic rings. The maximum Gasteiger partial charge on any atom is 0.117 e. The molecule has 64 valence electrons. The predicted molar refractivity (Wildman–Crippen MR) is 52.0 cm³/mol. The minimum absolute atomic E-state index is 0.236. The van der Waals surface area contributed by atoms with E-state index in [2.05, 4.69) is 0 Å². The molecule has 0 unspecified atom stereocenters. The van der Waals surface area contributed by atoms with Gasteiger partial charge in [0, 0.05) is 10.1 Å². The molecule has 1 N–H and O–H groups in total. The van der Waals surface area contributed by atoms with Gasteiger partial charge in [0.1, 0.15) is 5.75 Å². The monoisotopic (exact) mass is 200 g/mol. The lowest BCUT2D eigenvalue weighted by Gasteiger charge is -2.02. The average molecular weight is 201 g/mol. The number of hydrogen-bond acceptors (Lipinski definition) is 2. The normalized spacial score (nSPS) is 16.4. The smallest absolute Gasteiger partial charge is 0.117 e. The largest absolute Gasteiger partial charge is 0.508 e. The lowest BCUT2D eigenvalue weighted by Crippen LogP contribution is -1.76. The number of hydrogen-bond donors (Lipinski definition) is 1. The molecule has 0 saturated heterocycles. The second-order valence-corrected chi connectivity index (χ2v) is 4.68. The molecule has 1 nitrogen and oxygen atoms in total. The first-order chi connectivity index (χ1) is 5.75. The molecule has 1 aliphatic carbocycles. The SMILES string of the molecule is Oc1ccc(SC2CC2)c(Cl)c1. The molecule has 1 saturated carbocycles. The Morgan fingerprint density at radius 3 is 2.75 bits per heavy atom. The minimum atomic E-state index is 0.236. The van der Waals surface area contributed by atoms with E-state index in [1.165, 1.54) is 12.8 Å². The standard InChI is InChI=1S/C9H9ClOS/c10-8-5-6(11)1-4-9(8)12-7-2-3-7/h1,4-5,7,11H,2-3H2. The molecule has 0 amide bonds. The van der Waals surface area contributed by atoms with Crippen molar-refractivity contribution in [1.29, 1.82) is 0 Å². The van der Waals surface area contributed by atoms with Crippen molar-refractivity contribution in [2.24, 2.45) is 0 Å². The van der Waals surface area contributed by atoms with Crippen molar-refractivity contribution in [3.8, 4) is 5.75 Å². The number of halogens is 1. The fraction of sp³-hybridized carbons (Fsp3) is 0.333. The van der Waals surface area contributed by atoms with E-state index in [4.69, 9.17) is 16.7 Å². The first kappa shape index (κ1) is 8.27. The van der Waals surface area contributed by atoms with Gasteiger partial charge < -0.3 is 5.11 Å². The zero-order valence-electron chi connectivity index (χ0n) is 6.46.